The van der Waals surface area contributed by atoms with Gasteiger partial charge in [0, 0.05) is 0 Å². The van der Waals surface area contributed by atoms with E-state index < -0.39 is 6.16 Å². The second-order valence-corrected chi connectivity index (χ2v) is 9.67. The van der Waals surface area contributed by atoms with Crippen LogP contribution in [0, 0.1) is 0 Å². The van der Waals surface area contributed by atoms with Crippen LogP contribution in [-0.2, 0) is 10.9 Å². The Morgan fingerprint density at radius 3 is 1.64 bits per heavy atom. The molecule has 0 saturated heterocycles. The van der Waals surface area contributed by atoms with Crippen molar-refractivity contribution in [3.05, 3.63) is 84.9 Å². The molecule has 3 aromatic rings. The number of hydrogen-bond donors (Lipinski definition) is 1. The van der Waals surface area contributed by atoms with Gasteiger partial charge in [0.25, 0.3) is 0 Å². The average molecular weight is 467 g/mol. The maximum atomic E-state index is 8.44. The van der Waals surface area contributed by atoms with E-state index in [1.54, 1.807) is 0 Å². The van der Waals surface area contributed by atoms with Gasteiger partial charge < -0.3 is 19.7 Å². The molecule has 0 unspecified atom stereocenters. The van der Waals surface area contributed by atoms with Gasteiger partial charge in [0.15, 0.2) is 14.7 Å². The molecular formula is C28H34O4S. The van der Waals surface area contributed by atoms with E-state index in [-0.39, 0.29) is 10.9 Å². The molecule has 0 aliphatic carbocycles. The molecule has 0 amide bonds. The Morgan fingerprint density at radius 2 is 1.15 bits per heavy atom. The lowest BCUT2D eigenvalue weighted by Gasteiger charge is -2.09. The van der Waals surface area contributed by atoms with E-state index >= 15 is 0 Å². The molecule has 0 bridgehead atoms. The lowest BCUT2D eigenvalue weighted by atomic mass is 10.1. The van der Waals surface area contributed by atoms with Crippen molar-refractivity contribution in [2.45, 2.75) is 66.6 Å². The third-order valence-electron chi connectivity index (χ3n) is 5.03. The predicted octanol–water partition coefficient (Wildman–Crippen LogP) is 6.80. The minimum Gasteiger partial charge on any atom is -0.565 e. The van der Waals surface area contributed by atoms with Crippen LogP contribution in [0.3, 0.4) is 0 Å². The number of rotatable bonds is 12. The number of carbonyl (C=O) groups is 1. The van der Waals surface area contributed by atoms with E-state index in [1.165, 1.54) is 53.2 Å². The van der Waals surface area contributed by atoms with Crippen LogP contribution in [0.5, 0.6) is 5.75 Å². The number of unbranched alkanes of at least 4 members (excludes halogenated alkanes) is 6. The molecule has 1 N–H and O–H groups in total. The van der Waals surface area contributed by atoms with Gasteiger partial charge in [-0.1, -0.05) is 81.8 Å². The quantitative estimate of drug-likeness (QED) is 0.235. The molecule has 33 heavy (non-hydrogen) atoms. The summed E-state index contributed by atoms with van der Waals surface area (Å²) >= 11 is 0. The molecule has 0 aliphatic rings. The standard InChI is InChI=1S/C27H33OS.CH2O3/c1-2-3-4-5-6-7-14-23-28-24-19-21-27(22-20-24)29(25-15-10-8-11-16-25)26-17-12-9-13-18-26;2-1(3)4/h8-13,15-22H,2-7,14,23H2,1H3;(H2,2,3,4)/q+1;/p-1. The molecule has 3 aromatic carbocycles. The Hall–Kier alpha value is -2.92. The summed E-state index contributed by atoms with van der Waals surface area (Å²) in [4.78, 5) is 12.5. The molecule has 0 spiro atoms. The van der Waals surface area contributed by atoms with Gasteiger partial charge in [-0.25, -0.2) is 0 Å². The summed E-state index contributed by atoms with van der Waals surface area (Å²) in [6, 6.07) is 30.3. The second kappa shape index (κ2) is 15.8. The number of carboxylic acid groups (broad SMARTS) is 2. The highest BCUT2D eigenvalue weighted by Gasteiger charge is 2.28. The number of hydrogen-bond acceptors (Lipinski definition) is 3. The summed E-state index contributed by atoms with van der Waals surface area (Å²) in [6.07, 6.45) is 7.10. The molecular weight excluding hydrogens is 432 g/mol. The SMILES string of the molecule is CCCCCCCCCOc1ccc([S+](c2ccccc2)c2ccccc2)cc1.O=C([O-])O. The van der Waals surface area contributed by atoms with Crippen LogP contribution in [0.4, 0.5) is 4.79 Å². The maximum Gasteiger partial charge on any atom is 0.249 e. The van der Waals surface area contributed by atoms with Crippen LogP contribution < -0.4 is 9.84 Å². The van der Waals surface area contributed by atoms with Gasteiger partial charge in [-0.3, -0.25) is 0 Å². The Balaban J connectivity index is 0.000000890. The summed E-state index contributed by atoms with van der Waals surface area (Å²) in [6.45, 7) is 3.08. The fraction of sp³-hybridized carbons (Fsp3) is 0.321. The highest BCUT2D eigenvalue weighted by atomic mass is 32.2. The molecule has 0 fully saturated rings. The average Bonchev–Trinajstić information content (AvgIpc) is 2.83. The molecule has 0 aromatic heterocycles. The molecule has 0 saturated carbocycles. The van der Waals surface area contributed by atoms with E-state index in [0.29, 0.717) is 0 Å². The Morgan fingerprint density at radius 1 is 0.727 bits per heavy atom. The summed E-state index contributed by atoms with van der Waals surface area (Å²) in [7, 11) is -0.0915. The fourth-order valence-corrected chi connectivity index (χ4v) is 5.53. The Bertz CT molecular complexity index is 855. The van der Waals surface area contributed by atoms with Crippen molar-refractivity contribution in [3.63, 3.8) is 0 Å². The van der Waals surface area contributed by atoms with E-state index in [0.717, 1.165) is 18.8 Å². The van der Waals surface area contributed by atoms with Crippen molar-refractivity contribution < 1.29 is 19.7 Å². The van der Waals surface area contributed by atoms with Crippen LogP contribution in [0.25, 0.3) is 0 Å². The van der Waals surface area contributed by atoms with Gasteiger partial charge in [0.2, 0.25) is 6.16 Å². The van der Waals surface area contributed by atoms with Gasteiger partial charge in [-0.2, -0.15) is 0 Å². The van der Waals surface area contributed by atoms with Crippen molar-refractivity contribution in [1.82, 2.24) is 0 Å². The first kappa shape index (κ1) is 26.3. The highest BCUT2D eigenvalue weighted by Crippen LogP contribution is 2.31. The lowest BCUT2D eigenvalue weighted by Crippen LogP contribution is -2.17. The molecule has 3 rings (SSSR count). The van der Waals surface area contributed by atoms with Crippen molar-refractivity contribution in [3.8, 4) is 5.75 Å². The summed E-state index contributed by atoms with van der Waals surface area (Å²) in [5, 5.41) is 15.3. The van der Waals surface area contributed by atoms with E-state index in [1.807, 2.05) is 0 Å². The molecule has 5 heteroatoms. The molecule has 0 radical (unpaired) electrons. The van der Waals surface area contributed by atoms with Gasteiger partial charge in [-0.15, -0.1) is 0 Å². The van der Waals surface area contributed by atoms with Crippen LogP contribution >= 0.6 is 0 Å². The summed E-state index contributed by atoms with van der Waals surface area (Å²) < 4.78 is 5.98. The zero-order valence-electron chi connectivity index (χ0n) is 19.3. The fourth-order valence-electron chi connectivity index (χ4n) is 3.44. The van der Waals surface area contributed by atoms with Gasteiger partial charge in [0.05, 0.1) is 17.5 Å². The maximum absolute atomic E-state index is 8.44. The topological polar surface area (TPSA) is 69.6 Å². The first-order valence-corrected chi connectivity index (χ1v) is 12.8. The Labute approximate surface area is 200 Å². The molecule has 0 aliphatic heterocycles. The predicted molar refractivity (Wildman–Crippen MR) is 133 cm³/mol. The molecule has 0 heterocycles. The van der Waals surface area contributed by atoms with Gasteiger partial charge in [0.1, 0.15) is 5.75 Å². The van der Waals surface area contributed by atoms with E-state index in [2.05, 4.69) is 91.9 Å². The number of ether oxygens (including phenoxy) is 1. The van der Waals surface area contributed by atoms with Crippen LogP contribution in [0.2, 0.25) is 0 Å². The zero-order valence-corrected chi connectivity index (χ0v) is 20.1. The van der Waals surface area contributed by atoms with Crippen LogP contribution in [0.15, 0.2) is 99.6 Å². The van der Waals surface area contributed by atoms with E-state index in [9.17, 15) is 0 Å². The zero-order chi connectivity index (χ0) is 23.7. The third-order valence-corrected chi connectivity index (χ3v) is 7.26. The molecule has 0 atom stereocenters. The highest BCUT2D eigenvalue weighted by molar-refractivity contribution is 7.97. The van der Waals surface area contributed by atoms with Crippen molar-refractivity contribution in [2.24, 2.45) is 0 Å². The van der Waals surface area contributed by atoms with Crippen LogP contribution in [-0.4, -0.2) is 17.9 Å². The smallest absolute Gasteiger partial charge is 0.249 e. The minimum atomic E-state index is -2.08. The summed E-state index contributed by atoms with van der Waals surface area (Å²) in [5.74, 6) is 0.976. The van der Waals surface area contributed by atoms with Gasteiger partial charge >= 0.3 is 0 Å². The largest absolute Gasteiger partial charge is 0.565 e. The molecule has 4 nitrogen and oxygen atoms in total. The summed E-state index contributed by atoms with van der Waals surface area (Å²) in [5.41, 5.74) is 0. The van der Waals surface area contributed by atoms with Crippen molar-refractivity contribution in [1.29, 1.82) is 0 Å². The first-order valence-electron chi connectivity index (χ1n) is 11.6. The monoisotopic (exact) mass is 466 g/mol. The van der Waals surface area contributed by atoms with Crippen molar-refractivity contribution >= 4 is 17.1 Å². The van der Waals surface area contributed by atoms with Crippen molar-refractivity contribution in [2.75, 3.05) is 6.61 Å². The minimum absolute atomic E-state index is 0.0915. The van der Waals surface area contributed by atoms with Gasteiger partial charge in [-0.05, 0) is 55.0 Å². The third kappa shape index (κ3) is 10.5. The first-order chi connectivity index (χ1) is 16.1. The normalized spacial score (nSPS) is 10.4. The molecule has 176 valence electrons. The Kier molecular flexibility index (Phi) is 12.6. The lowest BCUT2D eigenvalue weighted by molar-refractivity contribution is -0.275. The second-order valence-electron chi connectivity index (χ2n) is 7.64. The van der Waals surface area contributed by atoms with Crippen LogP contribution in [0.1, 0.15) is 51.9 Å². The van der Waals surface area contributed by atoms with E-state index in [4.69, 9.17) is 19.7 Å². The number of benzene rings is 3.